The van der Waals surface area contributed by atoms with Crippen LogP contribution < -0.4 is 0 Å². The quantitative estimate of drug-likeness (QED) is 0.788. The molecule has 0 aliphatic carbocycles. The highest BCUT2D eigenvalue weighted by atomic mass is 16.3. The summed E-state index contributed by atoms with van der Waals surface area (Å²) in [5, 5.41) is 9.36. The molecule has 1 N–H and O–H groups in total. The average molecular weight is 253 g/mol. The Morgan fingerprint density at radius 1 is 1.00 bits per heavy atom. The van der Waals surface area contributed by atoms with E-state index in [-0.39, 0.29) is 11.2 Å². The lowest BCUT2D eigenvalue weighted by atomic mass is 9.87. The van der Waals surface area contributed by atoms with Crippen LogP contribution in [0.3, 0.4) is 0 Å². The van der Waals surface area contributed by atoms with E-state index in [1.807, 2.05) is 6.07 Å². The van der Waals surface area contributed by atoms with Crippen molar-refractivity contribution in [2.24, 2.45) is 4.99 Å². The van der Waals surface area contributed by atoms with E-state index in [9.17, 15) is 5.11 Å². The molecular weight excluding hydrogens is 234 g/mol. The first kappa shape index (κ1) is 13.3. The maximum atomic E-state index is 9.36. The number of rotatable bonds is 2. The van der Waals surface area contributed by atoms with Crippen molar-refractivity contribution in [1.82, 2.24) is 0 Å². The van der Waals surface area contributed by atoms with E-state index in [0.717, 1.165) is 11.3 Å². The summed E-state index contributed by atoms with van der Waals surface area (Å²) in [5.41, 5.74) is 3.28. The Morgan fingerprint density at radius 3 is 2.26 bits per heavy atom. The summed E-state index contributed by atoms with van der Waals surface area (Å²) in [5.74, 6) is 0.234. The van der Waals surface area contributed by atoms with Crippen LogP contribution in [0.5, 0.6) is 5.75 Å². The molecule has 2 aromatic carbocycles. The lowest BCUT2D eigenvalue weighted by molar-refractivity contribution is 0.475. The lowest BCUT2D eigenvalue weighted by Crippen LogP contribution is -2.10. The molecule has 0 spiro atoms. The number of benzene rings is 2. The molecule has 0 aliphatic heterocycles. The molecular formula is C17H19NO. The topological polar surface area (TPSA) is 32.6 Å². The summed E-state index contributed by atoms with van der Waals surface area (Å²) in [6, 6.07) is 15.3. The van der Waals surface area contributed by atoms with Crippen molar-refractivity contribution in [2.75, 3.05) is 0 Å². The van der Waals surface area contributed by atoms with E-state index in [2.05, 4.69) is 50.0 Å². The van der Waals surface area contributed by atoms with Gasteiger partial charge >= 0.3 is 0 Å². The van der Waals surface area contributed by atoms with Crippen molar-refractivity contribution in [3.05, 3.63) is 59.7 Å². The molecule has 0 unspecified atom stereocenters. The van der Waals surface area contributed by atoms with E-state index < -0.39 is 0 Å². The van der Waals surface area contributed by atoms with Gasteiger partial charge in [0.15, 0.2) is 0 Å². The number of aliphatic imine (C=N–C) groups is 1. The zero-order chi connectivity index (χ0) is 13.9. The zero-order valence-corrected chi connectivity index (χ0v) is 11.6. The van der Waals surface area contributed by atoms with Crippen LogP contribution in [0.25, 0.3) is 0 Å². The molecule has 0 bridgehead atoms. The van der Waals surface area contributed by atoms with Crippen molar-refractivity contribution in [3.8, 4) is 5.75 Å². The Labute approximate surface area is 114 Å². The zero-order valence-electron chi connectivity index (χ0n) is 11.6. The Kier molecular flexibility index (Phi) is 3.70. The molecule has 19 heavy (non-hydrogen) atoms. The highest BCUT2D eigenvalue weighted by Gasteiger charge is 2.12. The van der Waals surface area contributed by atoms with Crippen LogP contribution in [0, 0.1) is 0 Å². The number of aromatic hydroxyl groups is 1. The van der Waals surface area contributed by atoms with Crippen molar-refractivity contribution in [3.63, 3.8) is 0 Å². The predicted octanol–water partition coefficient (Wildman–Crippen LogP) is 4.44. The van der Waals surface area contributed by atoms with Gasteiger partial charge < -0.3 is 5.11 Å². The largest absolute Gasteiger partial charge is 0.508 e. The summed E-state index contributed by atoms with van der Waals surface area (Å²) in [7, 11) is 0. The highest BCUT2D eigenvalue weighted by molar-refractivity contribution is 5.82. The lowest BCUT2D eigenvalue weighted by Gasteiger charge is -2.18. The molecule has 0 heterocycles. The predicted molar refractivity (Wildman–Crippen MR) is 80.5 cm³/mol. The van der Waals surface area contributed by atoms with Crippen LogP contribution in [-0.4, -0.2) is 11.3 Å². The summed E-state index contributed by atoms with van der Waals surface area (Å²) < 4.78 is 0. The molecule has 0 saturated carbocycles. The number of hydrogen-bond donors (Lipinski definition) is 1. The normalized spacial score (nSPS) is 11.9. The van der Waals surface area contributed by atoms with Crippen molar-refractivity contribution < 1.29 is 5.11 Å². The van der Waals surface area contributed by atoms with Crippen LogP contribution in [0.1, 0.15) is 31.9 Å². The molecule has 0 fully saturated rings. The van der Waals surface area contributed by atoms with E-state index in [4.69, 9.17) is 0 Å². The third kappa shape index (κ3) is 3.68. The molecule has 0 radical (unpaired) electrons. The van der Waals surface area contributed by atoms with Gasteiger partial charge in [0.05, 0.1) is 5.69 Å². The van der Waals surface area contributed by atoms with Gasteiger partial charge in [0.25, 0.3) is 0 Å². The molecule has 0 amide bonds. The van der Waals surface area contributed by atoms with Gasteiger partial charge in [-0.2, -0.15) is 0 Å². The fourth-order valence-corrected chi connectivity index (χ4v) is 1.79. The van der Waals surface area contributed by atoms with E-state index in [1.165, 1.54) is 5.56 Å². The molecule has 2 aromatic rings. The van der Waals surface area contributed by atoms with Gasteiger partial charge in [0, 0.05) is 12.3 Å². The van der Waals surface area contributed by atoms with Crippen molar-refractivity contribution >= 4 is 11.9 Å². The second kappa shape index (κ2) is 5.27. The molecule has 2 heteroatoms. The molecule has 0 atom stereocenters. The smallest absolute Gasteiger partial charge is 0.117 e. The molecule has 98 valence electrons. The van der Waals surface area contributed by atoms with Gasteiger partial charge in [-0.3, -0.25) is 4.99 Å². The van der Waals surface area contributed by atoms with Crippen LogP contribution in [-0.2, 0) is 5.41 Å². The van der Waals surface area contributed by atoms with Gasteiger partial charge in [-0.1, -0.05) is 51.1 Å². The van der Waals surface area contributed by atoms with E-state index in [0.29, 0.717) is 0 Å². The minimum absolute atomic E-state index is 0.168. The van der Waals surface area contributed by atoms with Crippen LogP contribution >= 0.6 is 0 Å². The van der Waals surface area contributed by atoms with Crippen LogP contribution in [0.15, 0.2) is 53.5 Å². The molecule has 0 saturated heterocycles. The summed E-state index contributed by atoms with van der Waals surface area (Å²) in [6.45, 7) is 6.59. The third-order valence-electron chi connectivity index (χ3n) is 2.97. The second-order valence-corrected chi connectivity index (χ2v) is 5.65. The minimum atomic E-state index is 0.168. The molecule has 0 aromatic heterocycles. The second-order valence-electron chi connectivity index (χ2n) is 5.65. The van der Waals surface area contributed by atoms with Crippen LogP contribution in [0.4, 0.5) is 5.69 Å². The standard InChI is InChI=1S/C17H19NO/c1-17(2,3)14-9-7-13(8-10-14)12-18-15-5-4-6-16(19)11-15/h4-12,19H,1-3H3. The minimum Gasteiger partial charge on any atom is -0.508 e. The fourth-order valence-electron chi connectivity index (χ4n) is 1.79. The van der Waals surface area contributed by atoms with Crippen LogP contribution in [0.2, 0.25) is 0 Å². The first-order chi connectivity index (χ1) is 8.95. The molecule has 2 rings (SSSR count). The Balaban J connectivity index is 2.16. The number of nitrogens with zero attached hydrogens (tertiary/aromatic N) is 1. The van der Waals surface area contributed by atoms with Gasteiger partial charge in [0.2, 0.25) is 0 Å². The first-order valence-corrected chi connectivity index (χ1v) is 6.39. The number of hydrogen-bond acceptors (Lipinski definition) is 2. The number of phenols is 1. The van der Waals surface area contributed by atoms with Gasteiger partial charge in [-0.15, -0.1) is 0 Å². The maximum Gasteiger partial charge on any atom is 0.117 e. The fraction of sp³-hybridized carbons (Fsp3) is 0.235. The number of phenolic OH excluding ortho intramolecular Hbond substituents is 1. The maximum absolute atomic E-state index is 9.36. The van der Waals surface area contributed by atoms with Crippen molar-refractivity contribution in [2.45, 2.75) is 26.2 Å². The van der Waals surface area contributed by atoms with Crippen molar-refractivity contribution in [1.29, 1.82) is 0 Å². The SMILES string of the molecule is CC(C)(C)c1ccc(C=Nc2cccc(O)c2)cc1. The monoisotopic (exact) mass is 253 g/mol. The van der Waals surface area contributed by atoms with Gasteiger partial charge in [0.1, 0.15) is 5.75 Å². The van der Waals surface area contributed by atoms with Gasteiger partial charge in [-0.05, 0) is 28.7 Å². The Hall–Kier alpha value is -2.09. The third-order valence-corrected chi connectivity index (χ3v) is 2.97. The summed E-state index contributed by atoms with van der Waals surface area (Å²) >= 11 is 0. The summed E-state index contributed by atoms with van der Waals surface area (Å²) in [6.07, 6.45) is 1.81. The average Bonchev–Trinajstić information content (AvgIpc) is 2.36. The molecule has 0 aliphatic rings. The van der Waals surface area contributed by atoms with Gasteiger partial charge in [-0.25, -0.2) is 0 Å². The van der Waals surface area contributed by atoms with E-state index in [1.54, 1.807) is 24.4 Å². The summed E-state index contributed by atoms with van der Waals surface area (Å²) in [4.78, 5) is 4.34. The highest BCUT2D eigenvalue weighted by Crippen LogP contribution is 2.22. The first-order valence-electron chi connectivity index (χ1n) is 6.39. The molecule has 2 nitrogen and oxygen atoms in total. The Bertz CT molecular complexity index is 577. The Morgan fingerprint density at radius 2 is 1.68 bits per heavy atom. The van der Waals surface area contributed by atoms with E-state index >= 15 is 0 Å².